The highest BCUT2D eigenvalue weighted by Crippen LogP contribution is 2.23. The van der Waals surface area contributed by atoms with Gasteiger partial charge in [0.2, 0.25) is 0 Å². The number of anilines is 1. The smallest absolute Gasteiger partial charge is 0.342 e. The van der Waals surface area contributed by atoms with E-state index >= 15 is 0 Å². The van der Waals surface area contributed by atoms with E-state index in [9.17, 15) is 14.7 Å². The van der Waals surface area contributed by atoms with E-state index in [-0.39, 0.29) is 11.3 Å². The van der Waals surface area contributed by atoms with Crippen LogP contribution in [0.4, 0.5) is 5.69 Å². The first-order valence-corrected chi connectivity index (χ1v) is 7.84. The molecule has 0 aliphatic carbocycles. The molecule has 2 aromatic rings. The Balaban J connectivity index is 2.02. The van der Waals surface area contributed by atoms with Gasteiger partial charge in [-0.2, -0.15) is 0 Å². The first-order valence-electron chi connectivity index (χ1n) is 7.05. The largest absolute Gasteiger partial charge is 0.507 e. The van der Waals surface area contributed by atoms with Crippen molar-refractivity contribution in [3.8, 4) is 11.5 Å². The summed E-state index contributed by atoms with van der Waals surface area (Å²) in [5.74, 6) is -0.909. The lowest BCUT2D eigenvalue weighted by molar-refractivity contribution is -0.123. The zero-order chi connectivity index (χ0) is 17.7. The molecule has 1 atom stereocenters. The Kier molecular flexibility index (Phi) is 5.81. The highest BCUT2D eigenvalue weighted by Gasteiger charge is 2.21. The SMILES string of the molecule is COc1cccc(NC(=O)[C@H](C)OC(=O)c2cc(Br)ccc2O)c1. The van der Waals surface area contributed by atoms with Gasteiger partial charge in [0.15, 0.2) is 6.10 Å². The Morgan fingerprint density at radius 2 is 1.96 bits per heavy atom. The fraction of sp³-hybridized carbons (Fsp3) is 0.176. The number of nitrogens with one attached hydrogen (secondary N) is 1. The number of esters is 1. The van der Waals surface area contributed by atoms with Gasteiger partial charge in [0, 0.05) is 16.2 Å². The third-order valence-corrected chi connectivity index (χ3v) is 3.66. The quantitative estimate of drug-likeness (QED) is 0.760. The van der Waals surface area contributed by atoms with Crippen LogP contribution in [0.3, 0.4) is 0 Å². The minimum Gasteiger partial charge on any atom is -0.507 e. The molecule has 2 aromatic carbocycles. The van der Waals surface area contributed by atoms with Gasteiger partial charge in [0.05, 0.1) is 7.11 Å². The maximum absolute atomic E-state index is 12.1. The van der Waals surface area contributed by atoms with Crippen LogP contribution >= 0.6 is 15.9 Å². The molecule has 1 amide bonds. The van der Waals surface area contributed by atoms with Crippen molar-refractivity contribution in [2.45, 2.75) is 13.0 Å². The molecular weight excluding hydrogens is 378 g/mol. The van der Waals surface area contributed by atoms with Gasteiger partial charge in [-0.1, -0.05) is 22.0 Å². The number of phenols is 1. The molecule has 7 heteroatoms. The van der Waals surface area contributed by atoms with Crippen LogP contribution in [0.2, 0.25) is 0 Å². The molecule has 24 heavy (non-hydrogen) atoms. The van der Waals surface area contributed by atoms with Gasteiger partial charge in [-0.15, -0.1) is 0 Å². The van der Waals surface area contributed by atoms with Crippen LogP contribution in [0.1, 0.15) is 17.3 Å². The molecule has 2 N–H and O–H groups in total. The van der Waals surface area contributed by atoms with Gasteiger partial charge >= 0.3 is 5.97 Å². The van der Waals surface area contributed by atoms with Crippen LogP contribution in [0.25, 0.3) is 0 Å². The Morgan fingerprint density at radius 3 is 2.67 bits per heavy atom. The zero-order valence-electron chi connectivity index (χ0n) is 13.1. The summed E-state index contributed by atoms with van der Waals surface area (Å²) in [6.45, 7) is 1.45. The Labute approximate surface area is 147 Å². The van der Waals surface area contributed by atoms with Crippen LogP contribution in [0, 0.1) is 0 Å². The molecule has 0 bridgehead atoms. The number of hydrogen-bond acceptors (Lipinski definition) is 5. The lowest BCUT2D eigenvalue weighted by Gasteiger charge is -2.14. The predicted molar refractivity (Wildman–Crippen MR) is 92.3 cm³/mol. The molecule has 0 radical (unpaired) electrons. The number of benzene rings is 2. The standard InChI is InChI=1S/C17H16BrNO5/c1-10(16(21)19-12-4-3-5-13(9-12)23-2)24-17(22)14-8-11(18)6-7-15(14)20/h3-10,20H,1-2H3,(H,19,21)/t10-/m0/s1. The predicted octanol–water partition coefficient (Wildman–Crippen LogP) is 3.35. The van der Waals surface area contributed by atoms with E-state index in [0.717, 1.165) is 0 Å². The van der Waals surface area contributed by atoms with E-state index in [1.807, 2.05) is 0 Å². The van der Waals surface area contributed by atoms with E-state index in [1.54, 1.807) is 30.3 Å². The lowest BCUT2D eigenvalue weighted by Crippen LogP contribution is -2.30. The van der Waals surface area contributed by atoms with Gasteiger partial charge in [-0.3, -0.25) is 4.79 Å². The molecule has 126 valence electrons. The van der Waals surface area contributed by atoms with Gasteiger partial charge in [0.25, 0.3) is 5.91 Å². The molecule has 2 rings (SSSR count). The number of phenolic OH excluding ortho intramolecular Hbond substituents is 1. The number of carbonyl (C=O) groups is 2. The van der Waals surface area contributed by atoms with Gasteiger partial charge in [-0.05, 0) is 37.3 Å². The molecule has 0 heterocycles. The highest BCUT2D eigenvalue weighted by molar-refractivity contribution is 9.10. The average molecular weight is 394 g/mol. The first kappa shape index (κ1) is 17.8. The summed E-state index contributed by atoms with van der Waals surface area (Å²) in [4.78, 5) is 24.2. The second kappa shape index (κ2) is 7.83. The number of methoxy groups -OCH3 is 1. The van der Waals surface area contributed by atoms with Crippen molar-refractivity contribution in [3.63, 3.8) is 0 Å². The molecule has 0 unspecified atom stereocenters. The van der Waals surface area contributed by atoms with E-state index in [4.69, 9.17) is 9.47 Å². The molecule has 0 saturated carbocycles. The molecule has 0 fully saturated rings. The number of amides is 1. The zero-order valence-corrected chi connectivity index (χ0v) is 14.7. The number of rotatable bonds is 5. The van der Waals surface area contributed by atoms with E-state index in [1.165, 1.54) is 26.2 Å². The summed E-state index contributed by atoms with van der Waals surface area (Å²) in [6.07, 6.45) is -1.04. The van der Waals surface area contributed by atoms with Crippen molar-refractivity contribution < 1.29 is 24.2 Å². The lowest BCUT2D eigenvalue weighted by atomic mass is 10.2. The number of ether oxygens (including phenoxy) is 2. The second-order valence-electron chi connectivity index (χ2n) is 4.93. The normalized spacial score (nSPS) is 11.5. The third kappa shape index (κ3) is 4.48. The van der Waals surface area contributed by atoms with Crippen molar-refractivity contribution in [3.05, 3.63) is 52.5 Å². The minimum absolute atomic E-state index is 0.0228. The molecule has 0 aliphatic rings. The molecular formula is C17H16BrNO5. The molecule has 0 spiro atoms. The number of carbonyl (C=O) groups excluding carboxylic acids is 2. The number of aromatic hydroxyl groups is 1. The topological polar surface area (TPSA) is 84.9 Å². The van der Waals surface area contributed by atoms with Gasteiger partial charge in [0.1, 0.15) is 17.1 Å². The van der Waals surface area contributed by atoms with Crippen molar-refractivity contribution in [2.24, 2.45) is 0 Å². The summed E-state index contributed by atoms with van der Waals surface area (Å²) in [7, 11) is 1.52. The fourth-order valence-corrected chi connectivity index (χ4v) is 2.26. The minimum atomic E-state index is -1.04. The first-order chi connectivity index (χ1) is 11.4. The number of halogens is 1. The third-order valence-electron chi connectivity index (χ3n) is 3.17. The number of hydrogen-bond donors (Lipinski definition) is 2. The van der Waals surface area contributed by atoms with E-state index < -0.39 is 18.0 Å². The van der Waals surface area contributed by atoms with Crippen LogP contribution < -0.4 is 10.1 Å². The maximum Gasteiger partial charge on any atom is 0.342 e. The van der Waals surface area contributed by atoms with E-state index in [2.05, 4.69) is 21.2 Å². The Morgan fingerprint density at radius 1 is 1.21 bits per heavy atom. The Hall–Kier alpha value is -2.54. The van der Waals surface area contributed by atoms with Crippen molar-refractivity contribution in [1.82, 2.24) is 0 Å². The summed E-state index contributed by atoms with van der Waals surface area (Å²) in [5, 5.41) is 12.3. The highest BCUT2D eigenvalue weighted by atomic mass is 79.9. The summed E-state index contributed by atoms with van der Waals surface area (Å²) >= 11 is 3.21. The molecule has 6 nitrogen and oxygen atoms in total. The van der Waals surface area contributed by atoms with Crippen LogP contribution in [0.5, 0.6) is 11.5 Å². The van der Waals surface area contributed by atoms with Crippen LogP contribution in [-0.4, -0.2) is 30.2 Å². The Bertz CT molecular complexity index is 762. The van der Waals surface area contributed by atoms with Crippen molar-refractivity contribution in [2.75, 3.05) is 12.4 Å². The monoisotopic (exact) mass is 393 g/mol. The molecule has 0 saturated heterocycles. The summed E-state index contributed by atoms with van der Waals surface area (Å²) in [6, 6.07) is 11.2. The average Bonchev–Trinajstić information content (AvgIpc) is 2.57. The maximum atomic E-state index is 12.1. The van der Waals surface area contributed by atoms with Crippen LogP contribution in [-0.2, 0) is 9.53 Å². The van der Waals surface area contributed by atoms with Crippen molar-refractivity contribution in [1.29, 1.82) is 0 Å². The van der Waals surface area contributed by atoms with Gasteiger partial charge < -0.3 is 19.9 Å². The van der Waals surface area contributed by atoms with Crippen LogP contribution in [0.15, 0.2) is 46.9 Å². The fourth-order valence-electron chi connectivity index (χ4n) is 1.89. The van der Waals surface area contributed by atoms with Crippen molar-refractivity contribution >= 4 is 33.5 Å². The molecule has 0 aliphatic heterocycles. The van der Waals surface area contributed by atoms with Gasteiger partial charge in [-0.25, -0.2) is 4.79 Å². The molecule has 0 aromatic heterocycles. The summed E-state index contributed by atoms with van der Waals surface area (Å²) < 4.78 is 10.8. The second-order valence-corrected chi connectivity index (χ2v) is 5.85. The summed E-state index contributed by atoms with van der Waals surface area (Å²) in [5.41, 5.74) is 0.498. The van der Waals surface area contributed by atoms with E-state index in [0.29, 0.717) is 15.9 Å².